The number of nitrogens with zero attached hydrogens (tertiary/aromatic N) is 2. The molecule has 1 atom stereocenters. The van der Waals surface area contributed by atoms with E-state index in [0.717, 1.165) is 11.3 Å². The van der Waals surface area contributed by atoms with Gasteiger partial charge in [-0.2, -0.15) is 0 Å². The predicted octanol–water partition coefficient (Wildman–Crippen LogP) is 2.47. The van der Waals surface area contributed by atoms with Crippen LogP contribution in [0.4, 0.5) is 5.69 Å². The predicted molar refractivity (Wildman–Crippen MR) is 54.6 cm³/mol. The van der Waals surface area contributed by atoms with Crippen molar-refractivity contribution in [1.82, 2.24) is 4.98 Å². The van der Waals surface area contributed by atoms with E-state index in [0.29, 0.717) is 6.42 Å². The SMILES string of the molecule is Cc1cc([N+](=O)[O-])cnc1CC(C)Cl. The molecular weight excluding hydrogens is 204 g/mol. The van der Waals surface area contributed by atoms with Gasteiger partial charge in [-0.3, -0.25) is 15.1 Å². The summed E-state index contributed by atoms with van der Waals surface area (Å²) in [6, 6.07) is 1.52. The van der Waals surface area contributed by atoms with E-state index >= 15 is 0 Å². The quantitative estimate of drug-likeness (QED) is 0.441. The van der Waals surface area contributed by atoms with Crippen molar-refractivity contribution in [3.05, 3.63) is 33.6 Å². The van der Waals surface area contributed by atoms with Gasteiger partial charge >= 0.3 is 0 Å². The third-order valence-electron chi connectivity index (χ3n) is 1.86. The van der Waals surface area contributed by atoms with Gasteiger partial charge in [-0.15, -0.1) is 11.6 Å². The molecule has 0 saturated heterocycles. The van der Waals surface area contributed by atoms with Gasteiger partial charge in [-0.25, -0.2) is 0 Å². The number of nitro groups is 1. The number of pyridine rings is 1. The van der Waals surface area contributed by atoms with E-state index in [4.69, 9.17) is 11.6 Å². The lowest BCUT2D eigenvalue weighted by molar-refractivity contribution is -0.385. The van der Waals surface area contributed by atoms with Gasteiger partial charge in [0.05, 0.1) is 4.92 Å². The number of aryl methyl sites for hydroxylation is 1. The van der Waals surface area contributed by atoms with Crippen LogP contribution in [0.1, 0.15) is 18.2 Å². The highest BCUT2D eigenvalue weighted by atomic mass is 35.5. The second kappa shape index (κ2) is 4.37. The van der Waals surface area contributed by atoms with E-state index < -0.39 is 4.92 Å². The van der Waals surface area contributed by atoms with Crippen molar-refractivity contribution in [3.63, 3.8) is 0 Å². The highest BCUT2D eigenvalue weighted by Crippen LogP contribution is 2.16. The van der Waals surface area contributed by atoms with Crippen molar-refractivity contribution >= 4 is 17.3 Å². The molecule has 0 aliphatic carbocycles. The number of halogens is 1. The van der Waals surface area contributed by atoms with E-state index in [2.05, 4.69) is 4.98 Å². The molecule has 0 aliphatic rings. The van der Waals surface area contributed by atoms with Crippen LogP contribution in [0.25, 0.3) is 0 Å². The molecule has 0 radical (unpaired) electrons. The molecule has 14 heavy (non-hydrogen) atoms. The zero-order valence-corrected chi connectivity index (χ0v) is 8.78. The van der Waals surface area contributed by atoms with Gasteiger partial charge in [0.25, 0.3) is 5.69 Å². The fourth-order valence-electron chi connectivity index (χ4n) is 1.17. The van der Waals surface area contributed by atoms with E-state index in [1.54, 1.807) is 6.92 Å². The number of hydrogen-bond donors (Lipinski definition) is 0. The van der Waals surface area contributed by atoms with Crippen molar-refractivity contribution in [3.8, 4) is 0 Å². The highest BCUT2D eigenvalue weighted by molar-refractivity contribution is 6.20. The first-order valence-electron chi connectivity index (χ1n) is 4.24. The molecule has 0 amide bonds. The molecule has 5 heteroatoms. The molecule has 1 unspecified atom stereocenters. The lowest BCUT2D eigenvalue weighted by Gasteiger charge is -2.05. The maximum absolute atomic E-state index is 10.4. The summed E-state index contributed by atoms with van der Waals surface area (Å²) in [6.45, 7) is 3.67. The Morgan fingerprint density at radius 3 is 2.79 bits per heavy atom. The third-order valence-corrected chi connectivity index (χ3v) is 2.01. The molecule has 1 heterocycles. The Bertz CT molecular complexity index is 353. The Hall–Kier alpha value is -1.16. The molecule has 1 aromatic rings. The Morgan fingerprint density at radius 2 is 2.36 bits per heavy atom. The Balaban J connectivity index is 2.95. The maximum Gasteiger partial charge on any atom is 0.287 e. The van der Waals surface area contributed by atoms with Gasteiger partial charge in [0.2, 0.25) is 0 Å². The minimum atomic E-state index is -0.450. The number of aromatic nitrogens is 1. The van der Waals surface area contributed by atoms with Crippen LogP contribution in [0.3, 0.4) is 0 Å². The molecule has 0 spiro atoms. The zero-order valence-electron chi connectivity index (χ0n) is 8.03. The topological polar surface area (TPSA) is 56.0 Å². The van der Waals surface area contributed by atoms with Crippen molar-refractivity contribution in [2.24, 2.45) is 0 Å². The van der Waals surface area contributed by atoms with E-state index in [1.807, 2.05) is 6.92 Å². The minimum Gasteiger partial charge on any atom is -0.258 e. The number of rotatable bonds is 3. The van der Waals surface area contributed by atoms with Gasteiger partial charge in [-0.1, -0.05) is 0 Å². The van der Waals surface area contributed by atoms with Crippen molar-refractivity contribution in [2.75, 3.05) is 0 Å². The Labute approximate surface area is 87.1 Å². The molecule has 0 aliphatic heterocycles. The lowest BCUT2D eigenvalue weighted by Crippen LogP contribution is -2.03. The van der Waals surface area contributed by atoms with Gasteiger partial charge in [0, 0.05) is 23.6 Å². The van der Waals surface area contributed by atoms with E-state index in [1.165, 1.54) is 12.3 Å². The highest BCUT2D eigenvalue weighted by Gasteiger charge is 2.10. The first-order chi connectivity index (χ1) is 6.50. The van der Waals surface area contributed by atoms with Crippen LogP contribution in [-0.2, 0) is 6.42 Å². The van der Waals surface area contributed by atoms with Crippen LogP contribution >= 0.6 is 11.6 Å². The third kappa shape index (κ3) is 2.67. The summed E-state index contributed by atoms with van der Waals surface area (Å²) in [4.78, 5) is 14.0. The standard InChI is InChI=1S/C9H11ClN2O2/c1-6-3-8(12(13)14)5-11-9(6)4-7(2)10/h3,5,7H,4H2,1-2H3. The van der Waals surface area contributed by atoms with Gasteiger partial charge in [0.1, 0.15) is 6.20 Å². The molecule has 0 aromatic carbocycles. The second-order valence-corrected chi connectivity index (χ2v) is 3.94. The maximum atomic E-state index is 10.4. The summed E-state index contributed by atoms with van der Waals surface area (Å²) in [7, 11) is 0. The van der Waals surface area contributed by atoms with Gasteiger partial charge in [-0.05, 0) is 19.4 Å². The first-order valence-corrected chi connectivity index (χ1v) is 4.68. The van der Waals surface area contributed by atoms with Crippen molar-refractivity contribution < 1.29 is 4.92 Å². The molecule has 1 aromatic heterocycles. The van der Waals surface area contributed by atoms with Crippen LogP contribution in [0.15, 0.2) is 12.3 Å². The summed E-state index contributed by atoms with van der Waals surface area (Å²) in [5.74, 6) is 0. The fourth-order valence-corrected chi connectivity index (χ4v) is 1.31. The molecule has 1 rings (SSSR count). The first kappa shape index (κ1) is 10.9. The normalized spacial score (nSPS) is 12.5. The fraction of sp³-hybridized carbons (Fsp3) is 0.444. The second-order valence-electron chi connectivity index (χ2n) is 3.20. The Kier molecular flexibility index (Phi) is 3.41. The van der Waals surface area contributed by atoms with Crippen LogP contribution in [0, 0.1) is 17.0 Å². The van der Waals surface area contributed by atoms with E-state index in [9.17, 15) is 10.1 Å². The summed E-state index contributed by atoms with van der Waals surface area (Å²) in [6.07, 6.45) is 1.90. The molecular formula is C9H11ClN2O2. The molecule has 0 saturated carbocycles. The monoisotopic (exact) mass is 214 g/mol. The zero-order chi connectivity index (χ0) is 10.7. The van der Waals surface area contributed by atoms with Gasteiger partial charge < -0.3 is 0 Å². The summed E-state index contributed by atoms with van der Waals surface area (Å²) < 4.78 is 0. The molecule has 0 bridgehead atoms. The molecule has 76 valence electrons. The van der Waals surface area contributed by atoms with Crippen LogP contribution < -0.4 is 0 Å². The average Bonchev–Trinajstić information content (AvgIpc) is 2.07. The summed E-state index contributed by atoms with van der Waals surface area (Å²) >= 11 is 5.81. The Morgan fingerprint density at radius 1 is 1.71 bits per heavy atom. The minimum absolute atomic E-state index is 0.0114. The van der Waals surface area contributed by atoms with Crippen LogP contribution in [-0.4, -0.2) is 15.3 Å². The summed E-state index contributed by atoms with van der Waals surface area (Å²) in [5, 5.41) is 10.4. The lowest BCUT2D eigenvalue weighted by atomic mass is 10.1. The van der Waals surface area contributed by atoms with Gasteiger partial charge in [0.15, 0.2) is 0 Å². The molecule has 0 N–H and O–H groups in total. The smallest absolute Gasteiger partial charge is 0.258 e. The van der Waals surface area contributed by atoms with Crippen molar-refractivity contribution in [1.29, 1.82) is 0 Å². The average molecular weight is 215 g/mol. The molecule has 4 nitrogen and oxygen atoms in total. The van der Waals surface area contributed by atoms with Crippen LogP contribution in [0.5, 0.6) is 0 Å². The van der Waals surface area contributed by atoms with E-state index in [-0.39, 0.29) is 11.1 Å². The largest absolute Gasteiger partial charge is 0.287 e. The molecule has 0 fully saturated rings. The number of alkyl halides is 1. The van der Waals surface area contributed by atoms with Crippen molar-refractivity contribution in [2.45, 2.75) is 25.6 Å². The van der Waals surface area contributed by atoms with Crippen LogP contribution in [0.2, 0.25) is 0 Å². The summed E-state index contributed by atoms with van der Waals surface area (Å²) in [5.41, 5.74) is 1.65. The number of hydrogen-bond acceptors (Lipinski definition) is 3.